The van der Waals surface area contributed by atoms with Crippen molar-refractivity contribution in [2.45, 2.75) is 45.1 Å². The lowest BCUT2D eigenvalue weighted by Gasteiger charge is -2.31. The zero-order chi connectivity index (χ0) is 24.9. The fraction of sp³-hybridized carbons (Fsp3) is 0.360. The van der Waals surface area contributed by atoms with Crippen LogP contribution in [0.4, 0.5) is 5.69 Å². The molecule has 3 aromatic heterocycles. The molecule has 1 saturated carbocycles. The van der Waals surface area contributed by atoms with Crippen LogP contribution in [0, 0.1) is 18.3 Å². The number of aryl methyl sites for hydroxylation is 1. The first-order valence-corrected chi connectivity index (χ1v) is 12.4. The van der Waals surface area contributed by atoms with Gasteiger partial charge in [-0.2, -0.15) is 5.26 Å². The maximum absolute atomic E-state index is 13.4. The Hall–Kier alpha value is -3.84. The summed E-state index contributed by atoms with van der Waals surface area (Å²) in [6, 6.07) is 7.83. The molecule has 0 bridgehead atoms. The number of carbonyl (C=O) groups is 2. The third-order valence-corrected chi connectivity index (χ3v) is 8.05. The monoisotopic (exact) mass is 490 g/mol. The van der Waals surface area contributed by atoms with Crippen molar-refractivity contribution < 1.29 is 14.3 Å². The molecule has 1 amide bonds. The molecule has 4 aromatic rings. The second-order valence-electron chi connectivity index (χ2n) is 8.91. The predicted octanol–water partition coefficient (Wildman–Crippen LogP) is 4.29. The van der Waals surface area contributed by atoms with E-state index in [0.717, 1.165) is 47.4 Å². The van der Waals surface area contributed by atoms with E-state index in [1.807, 2.05) is 47.5 Å². The molecule has 3 heterocycles. The average Bonchev–Trinajstić information content (AvgIpc) is 3.52. The number of nitrogens with two attached hydrogens (primary N) is 1. The molecule has 1 aliphatic carbocycles. The molecular formula is C25H26N6O3S. The van der Waals surface area contributed by atoms with Crippen molar-refractivity contribution in [3.8, 4) is 11.8 Å². The van der Waals surface area contributed by atoms with Gasteiger partial charge in [0.2, 0.25) is 0 Å². The molecule has 1 aliphatic rings. The van der Waals surface area contributed by atoms with E-state index in [2.05, 4.69) is 0 Å². The zero-order valence-corrected chi connectivity index (χ0v) is 20.7. The average molecular weight is 491 g/mol. The summed E-state index contributed by atoms with van der Waals surface area (Å²) in [4.78, 5) is 33.8. The van der Waals surface area contributed by atoms with Crippen LogP contribution in [0.5, 0.6) is 0 Å². The smallest absolute Gasteiger partial charge is 0.357 e. The van der Waals surface area contributed by atoms with Gasteiger partial charge in [0.05, 0.1) is 29.4 Å². The van der Waals surface area contributed by atoms with Crippen LogP contribution in [-0.4, -0.2) is 50.9 Å². The minimum Gasteiger partial charge on any atom is -0.464 e. The number of aromatic nitrogens is 3. The maximum Gasteiger partial charge on any atom is 0.357 e. The third-order valence-electron chi connectivity index (χ3n) is 6.92. The lowest BCUT2D eigenvalue weighted by atomic mass is 9.94. The molecule has 1 aromatic carbocycles. The fourth-order valence-electron chi connectivity index (χ4n) is 4.96. The van der Waals surface area contributed by atoms with Gasteiger partial charge < -0.3 is 19.9 Å². The summed E-state index contributed by atoms with van der Waals surface area (Å²) in [5.74, 6) is -0.605. The van der Waals surface area contributed by atoms with Crippen molar-refractivity contribution in [2.75, 3.05) is 19.9 Å². The van der Waals surface area contributed by atoms with Crippen molar-refractivity contribution in [3.63, 3.8) is 0 Å². The van der Waals surface area contributed by atoms with Crippen molar-refractivity contribution >= 4 is 44.9 Å². The molecular weight excluding hydrogens is 464 g/mol. The van der Waals surface area contributed by atoms with Gasteiger partial charge in [-0.3, -0.25) is 9.20 Å². The van der Waals surface area contributed by atoms with E-state index < -0.39 is 5.97 Å². The van der Waals surface area contributed by atoms with Crippen LogP contribution >= 0.6 is 11.3 Å². The molecule has 1 fully saturated rings. The van der Waals surface area contributed by atoms with Crippen LogP contribution in [0.1, 0.15) is 63.5 Å². The molecule has 35 heavy (non-hydrogen) atoms. The first kappa shape index (κ1) is 22.9. The van der Waals surface area contributed by atoms with Crippen molar-refractivity contribution in [1.82, 2.24) is 18.9 Å². The first-order chi connectivity index (χ1) is 16.8. The van der Waals surface area contributed by atoms with Gasteiger partial charge in [-0.25, -0.2) is 9.78 Å². The summed E-state index contributed by atoms with van der Waals surface area (Å²) in [6.07, 6.45) is 7.17. The van der Waals surface area contributed by atoms with Gasteiger partial charge in [-0.1, -0.05) is 30.6 Å². The number of imidazole rings is 1. The van der Waals surface area contributed by atoms with Crippen LogP contribution in [0.15, 0.2) is 24.4 Å². The van der Waals surface area contributed by atoms with Gasteiger partial charge in [0.15, 0.2) is 10.7 Å². The van der Waals surface area contributed by atoms with Crippen LogP contribution in [0.3, 0.4) is 0 Å². The lowest BCUT2D eigenvalue weighted by Crippen LogP contribution is -2.38. The number of benzene rings is 1. The number of nitrogen functional groups attached to an aromatic ring is 1. The van der Waals surface area contributed by atoms with Crippen LogP contribution in [0.2, 0.25) is 0 Å². The molecule has 2 N–H and O–H groups in total. The quantitative estimate of drug-likeness (QED) is 0.426. The Kier molecular flexibility index (Phi) is 5.73. The molecule has 9 nitrogen and oxygen atoms in total. The van der Waals surface area contributed by atoms with E-state index in [-0.39, 0.29) is 28.9 Å². The number of ether oxygens (including phenoxy) is 1. The number of esters is 1. The summed E-state index contributed by atoms with van der Waals surface area (Å²) in [6.45, 7) is 1.93. The standard InChI is InChI=1S/C25H26N6O3S/c1-14-22(23(32)29(2)16-7-5-4-6-8-16)35-25-28-18-10-9-17(11-19(18)31(14)25)30-13-15(12-26)20(27)21(30)24(33)34-3/h9-11,13,16H,4-8,27H2,1-3H3. The number of fused-ring (bicyclic) bond motifs is 3. The van der Waals surface area contributed by atoms with Gasteiger partial charge in [0.25, 0.3) is 5.91 Å². The molecule has 0 atom stereocenters. The maximum atomic E-state index is 13.4. The van der Waals surface area contributed by atoms with Gasteiger partial charge >= 0.3 is 5.97 Å². The number of anilines is 1. The Morgan fingerprint density at radius 1 is 1.29 bits per heavy atom. The fourth-order valence-corrected chi connectivity index (χ4v) is 6.09. The molecule has 180 valence electrons. The zero-order valence-electron chi connectivity index (χ0n) is 19.9. The van der Waals surface area contributed by atoms with Gasteiger partial charge in [-0.05, 0) is 38.0 Å². The van der Waals surface area contributed by atoms with Crippen LogP contribution in [-0.2, 0) is 4.74 Å². The summed E-state index contributed by atoms with van der Waals surface area (Å²) in [5.41, 5.74) is 9.44. The number of thiazole rings is 1. The molecule has 0 aliphatic heterocycles. The lowest BCUT2D eigenvalue weighted by molar-refractivity contribution is 0.0592. The molecule has 10 heteroatoms. The number of methoxy groups -OCH3 is 1. The molecule has 0 radical (unpaired) electrons. The number of nitrogens with zero attached hydrogens (tertiary/aromatic N) is 5. The topological polar surface area (TPSA) is 119 Å². The number of hydrogen-bond acceptors (Lipinski definition) is 7. The molecule has 5 rings (SSSR count). The van der Waals surface area contributed by atoms with E-state index in [0.29, 0.717) is 10.6 Å². The predicted molar refractivity (Wildman–Crippen MR) is 134 cm³/mol. The largest absolute Gasteiger partial charge is 0.464 e. The van der Waals surface area contributed by atoms with E-state index >= 15 is 0 Å². The number of carbonyl (C=O) groups excluding carboxylic acids is 2. The van der Waals surface area contributed by atoms with Gasteiger partial charge in [0, 0.05) is 30.7 Å². The molecule has 0 unspecified atom stereocenters. The number of rotatable bonds is 4. The minimum atomic E-state index is -0.632. The Balaban J connectivity index is 1.60. The Bertz CT molecular complexity index is 1520. The SMILES string of the molecule is COC(=O)c1c(N)c(C#N)cn1-c1ccc2nc3sc(C(=O)N(C)C4CCCCC4)c(C)n3c2c1. The number of amides is 1. The van der Waals surface area contributed by atoms with E-state index in [1.165, 1.54) is 31.1 Å². The number of nitriles is 1. The molecule has 0 saturated heterocycles. The van der Waals surface area contributed by atoms with Gasteiger partial charge in [-0.15, -0.1) is 0 Å². The highest BCUT2D eigenvalue weighted by Gasteiger charge is 2.27. The Morgan fingerprint density at radius 3 is 2.71 bits per heavy atom. The third kappa shape index (κ3) is 3.63. The van der Waals surface area contributed by atoms with Crippen molar-refractivity contribution in [1.29, 1.82) is 5.26 Å². The number of hydrogen-bond donors (Lipinski definition) is 1. The first-order valence-electron chi connectivity index (χ1n) is 11.5. The summed E-state index contributed by atoms with van der Waals surface area (Å²) in [5, 5.41) is 9.42. The van der Waals surface area contributed by atoms with Gasteiger partial charge in [0.1, 0.15) is 10.9 Å². The highest BCUT2D eigenvalue weighted by atomic mass is 32.1. The normalized spacial score (nSPS) is 14.3. The Labute approximate surface area is 206 Å². The van der Waals surface area contributed by atoms with E-state index in [4.69, 9.17) is 15.5 Å². The summed E-state index contributed by atoms with van der Waals surface area (Å²) >= 11 is 1.39. The van der Waals surface area contributed by atoms with E-state index in [1.54, 1.807) is 4.57 Å². The Morgan fingerprint density at radius 2 is 2.03 bits per heavy atom. The van der Waals surface area contributed by atoms with Crippen molar-refractivity contribution in [2.24, 2.45) is 0 Å². The highest BCUT2D eigenvalue weighted by Crippen LogP contribution is 2.32. The second kappa shape index (κ2) is 8.74. The molecule has 0 spiro atoms. The minimum absolute atomic E-state index is 0.0269. The second-order valence-corrected chi connectivity index (χ2v) is 9.88. The van der Waals surface area contributed by atoms with Crippen LogP contribution < -0.4 is 5.73 Å². The highest BCUT2D eigenvalue weighted by molar-refractivity contribution is 7.19. The summed E-state index contributed by atoms with van der Waals surface area (Å²) in [7, 11) is 3.17. The van der Waals surface area contributed by atoms with E-state index in [9.17, 15) is 14.9 Å². The summed E-state index contributed by atoms with van der Waals surface area (Å²) < 4.78 is 8.43. The van der Waals surface area contributed by atoms with Crippen LogP contribution in [0.25, 0.3) is 21.7 Å². The van der Waals surface area contributed by atoms with Crippen molar-refractivity contribution in [3.05, 3.63) is 46.2 Å².